The normalized spacial score (nSPS) is 19.0. The summed E-state index contributed by atoms with van der Waals surface area (Å²) >= 11 is 2.06. The fourth-order valence-electron chi connectivity index (χ4n) is 1.58. The van der Waals surface area contributed by atoms with Gasteiger partial charge in [-0.1, -0.05) is 25.0 Å². The molecular formula is C10H18S. The molecule has 1 heteroatoms. The molecule has 0 N–H and O–H groups in total. The van der Waals surface area contributed by atoms with Crippen molar-refractivity contribution in [3.63, 3.8) is 0 Å². The molecule has 0 unspecified atom stereocenters. The Bertz CT molecular complexity index is 123. The summed E-state index contributed by atoms with van der Waals surface area (Å²) in [7, 11) is 0. The lowest BCUT2D eigenvalue weighted by atomic mass is 10.1. The Kier molecular flexibility index (Phi) is 4.06. The largest absolute Gasteiger partial charge is 0.157 e. The fourth-order valence-corrected chi connectivity index (χ4v) is 2.71. The molecule has 1 rings (SSSR count). The van der Waals surface area contributed by atoms with Gasteiger partial charge >= 0.3 is 0 Å². The minimum atomic E-state index is 1.03. The van der Waals surface area contributed by atoms with Crippen LogP contribution in [-0.4, -0.2) is 11.5 Å². The molecule has 0 amide bonds. The molecular weight excluding hydrogens is 152 g/mol. The van der Waals surface area contributed by atoms with Crippen LogP contribution in [0.2, 0.25) is 0 Å². The van der Waals surface area contributed by atoms with Crippen molar-refractivity contribution < 1.29 is 0 Å². The highest BCUT2D eigenvalue weighted by atomic mass is 32.2. The van der Waals surface area contributed by atoms with E-state index >= 15 is 0 Å². The van der Waals surface area contributed by atoms with E-state index in [1.54, 1.807) is 0 Å². The van der Waals surface area contributed by atoms with Gasteiger partial charge in [0.15, 0.2) is 0 Å². The van der Waals surface area contributed by atoms with E-state index < -0.39 is 0 Å². The SMILES string of the molecule is C=C(C)CSCC1CCCC1. The third-order valence-corrected chi connectivity index (χ3v) is 3.58. The van der Waals surface area contributed by atoms with Crippen LogP contribution in [0.15, 0.2) is 12.2 Å². The Morgan fingerprint density at radius 1 is 1.45 bits per heavy atom. The number of rotatable bonds is 4. The summed E-state index contributed by atoms with van der Waals surface area (Å²) in [6.45, 7) is 6.01. The molecule has 1 aliphatic rings. The molecule has 0 aromatic carbocycles. The van der Waals surface area contributed by atoms with Crippen LogP contribution in [0, 0.1) is 5.92 Å². The van der Waals surface area contributed by atoms with Crippen LogP contribution in [0.3, 0.4) is 0 Å². The highest BCUT2D eigenvalue weighted by Gasteiger charge is 2.13. The molecule has 1 saturated carbocycles. The first-order valence-corrected chi connectivity index (χ1v) is 5.66. The van der Waals surface area contributed by atoms with Crippen molar-refractivity contribution >= 4 is 11.8 Å². The second-order valence-electron chi connectivity index (χ2n) is 3.62. The smallest absolute Gasteiger partial charge is 0.0137 e. The lowest BCUT2D eigenvalue weighted by molar-refractivity contribution is 0.623. The van der Waals surface area contributed by atoms with Crippen LogP contribution in [-0.2, 0) is 0 Å². The van der Waals surface area contributed by atoms with Crippen LogP contribution in [0.4, 0.5) is 0 Å². The molecule has 0 heterocycles. The van der Waals surface area contributed by atoms with Crippen LogP contribution in [0.1, 0.15) is 32.6 Å². The lowest BCUT2D eigenvalue weighted by Crippen LogP contribution is -1.97. The van der Waals surface area contributed by atoms with Gasteiger partial charge in [0.05, 0.1) is 0 Å². The molecule has 0 aromatic heterocycles. The molecule has 64 valence electrons. The Morgan fingerprint density at radius 2 is 2.09 bits per heavy atom. The second kappa shape index (κ2) is 4.87. The summed E-state index contributed by atoms with van der Waals surface area (Å²) in [6.07, 6.45) is 5.89. The van der Waals surface area contributed by atoms with Gasteiger partial charge in [0.1, 0.15) is 0 Å². The molecule has 0 aliphatic heterocycles. The van der Waals surface area contributed by atoms with Crippen molar-refractivity contribution in [3.8, 4) is 0 Å². The topological polar surface area (TPSA) is 0 Å². The summed E-state index contributed by atoms with van der Waals surface area (Å²) in [6, 6.07) is 0. The molecule has 11 heavy (non-hydrogen) atoms. The first-order valence-electron chi connectivity index (χ1n) is 4.51. The van der Waals surface area contributed by atoms with E-state index in [0.29, 0.717) is 0 Å². The highest BCUT2D eigenvalue weighted by molar-refractivity contribution is 7.99. The molecule has 0 atom stereocenters. The van der Waals surface area contributed by atoms with E-state index in [1.165, 1.54) is 37.0 Å². The van der Waals surface area contributed by atoms with Crippen LogP contribution in [0.25, 0.3) is 0 Å². The quantitative estimate of drug-likeness (QED) is 0.582. The molecule has 1 aliphatic carbocycles. The predicted molar refractivity (Wildman–Crippen MR) is 54.1 cm³/mol. The molecule has 0 saturated heterocycles. The van der Waals surface area contributed by atoms with Gasteiger partial charge in [0, 0.05) is 5.75 Å². The molecule has 1 fully saturated rings. The number of hydrogen-bond acceptors (Lipinski definition) is 1. The first kappa shape index (κ1) is 9.18. The molecule has 0 nitrogen and oxygen atoms in total. The average molecular weight is 170 g/mol. The third kappa shape index (κ3) is 3.85. The van der Waals surface area contributed by atoms with Gasteiger partial charge in [0.2, 0.25) is 0 Å². The number of hydrogen-bond donors (Lipinski definition) is 0. The summed E-state index contributed by atoms with van der Waals surface area (Å²) in [5, 5.41) is 0. The summed E-state index contributed by atoms with van der Waals surface area (Å²) in [5.74, 6) is 3.56. The van der Waals surface area contributed by atoms with Gasteiger partial charge in [-0.25, -0.2) is 0 Å². The maximum absolute atomic E-state index is 3.90. The minimum Gasteiger partial charge on any atom is -0.157 e. The van der Waals surface area contributed by atoms with Crippen LogP contribution >= 0.6 is 11.8 Å². The average Bonchev–Trinajstić information content (AvgIpc) is 2.39. The van der Waals surface area contributed by atoms with E-state index in [9.17, 15) is 0 Å². The van der Waals surface area contributed by atoms with Gasteiger partial charge in [-0.2, -0.15) is 11.8 Å². The Hall–Kier alpha value is 0.0900. The zero-order valence-corrected chi connectivity index (χ0v) is 8.25. The van der Waals surface area contributed by atoms with E-state index in [1.807, 2.05) is 0 Å². The fraction of sp³-hybridized carbons (Fsp3) is 0.800. The maximum Gasteiger partial charge on any atom is 0.0137 e. The maximum atomic E-state index is 3.90. The third-order valence-electron chi connectivity index (χ3n) is 2.18. The molecule has 0 aromatic rings. The van der Waals surface area contributed by atoms with Crippen molar-refractivity contribution in [2.24, 2.45) is 5.92 Å². The summed E-state index contributed by atoms with van der Waals surface area (Å²) in [5.41, 5.74) is 1.31. The van der Waals surface area contributed by atoms with Gasteiger partial charge in [-0.3, -0.25) is 0 Å². The van der Waals surface area contributed by atoms with Gasteiger partial charge in [-0.15, -0.1) is 0 Å². The molecule has 0 bridgehead atoms. The van der Waals surface area contributed by atoms with Gasteiger partial charge < -0.3 is 0 Å². The minimum absolute atomic E-state index is 1.03. The zero-order valence-electron chi connectivity index (χ0n) is 7.44. The van der Waals surface area contributed by atoms with Gasteiger partial charge in [-0.05, 0) is 31.4 Å². The second-order valence-corrected chi connectivity index (χ2v) is 4.65. The predicted octanol–water partition coefficient (Wildman–Crippen LogP) is 3.49. The van der Waals surface area contributed by atoms with Crippen molar-refractivity contribution in [1.29, 1.82) is 0 Å². The summed E-state index contributed by atoms with van der Waals surface area (Å²) in [4.78, 5) is 0. The van der Waals surface area contributed by atoms with E-state index in [0.717, 1.165) is 11.7 Å². The van der Waals surface area contributed by atoms with Crippen molar-refractivity contribution in [1.82, 2.24) is 0 Å². The summed E-state index contributed by atoms with van der Waals surface area (Å²) < 4.78 is 0. The Labute approximate surface area is 74.5 Å². The number of thioether (sulfide) groups is 1. The van der Waals surface area contributed by atoms with E-state index in [4.69, 9.17) is 0 Å². The van der Waals surface area contributed by atoms with E-state index in [2.05, 4.69) is 25.3 Å². The Morgan fingerprint density at radius 3 is 2.64 bits per heavy atom. The first-order chi connectivity index (χ1) is 5.29. The standard InChI is InChI=1S/C10H18S/c1-9(2)7-11-8-10-5-3-4-6-10/h10H,1,3-8H2,2H3. The Balaban J connectivity index is 1.98. The monoisotopic (exact) mass is 170 g/mol. The molecule has 0 spiro atoms. The zero-order chi connectivity index (χ0) is 8.10. The van der Waals surface area contributed by atoms with Crippen molar-refractivity contribution in [3.05, 3.63) is 12.2 Å². The van der Waals surface area contributed by atoms with Crippen molar-refractivity contribution in [2.75, 3.05) is 11.5 Å². The van der Waals surface area contributed by atoms with Crippen LogP contribution < -0.4 is 0 Å². The van der Waals surface area contributed by atoms with E-state index in [-0.39, 0.29) is 0 Å². The highest BCUT2D eigenvalue weighted by Crippen LogP contribution is 2.28. The molecule has 0 radical (unpaired) electrons. The van der Waals surface area contributed by atoms with Crippen molar-refractivity contribution in [2.45, 2.75) is 32.6 Å². The van der Waals surface area contributed by atoms with Gasteiger partial charge in [0.25, 0.3) is 0 Å². The van der Waals surface area contributed by atoms with Crippen LogP contribution in [0.5, 0.6) is 0 Å². The lowest BCUT2D eigenvalue weighted by Gasteiger charge is -2.07.